The molecule has 1 aromatic heterocycles. The van der Waals surface area contributed by atoms with Crippen molar-refractivity contribution >= 4 is 23.5 Å². The number of amides is 1. The third kappa shape index (κ3) is 4.26. The Morgan fingerprint density at radius 3 is 2.81 bits per heavy atom. The Balaban J connectivity index is 1.94. The predicted octanol–water partition coefficient (Wildman–Crippen LogP) is 3.52. The van der Waals surface area contributed by atoms with Gasteiger partial charge in [-0.3, -0.25) is 9.59 Å². The first-order chi connectivity index (χ1) is 13.0. The van der Waals surface area contributed by atoms with Crippen molar-refractivity contribution in [3.8, 4) is 0 Å². The molecule has 1 aromatic carbocycles. The van der Waals surface area contributed by atoms with E-state index in [9.17, 15) is 14.0 Å². The molecule has 1 amide bonds. The van der Waals surface area contributed by atoms with E-state index in [1.807, 2.05) is 23.8 Å². The maximum absolute atomic E-state index is 14.2. The van der Waals surface area contributed by atoms with Crippen LogP contribution >= 0.6 is 11.8 Å². The lowest BCUT2D eigenvalue weighted by Gasteiger charge is -2.16. The summed E-state index contributed by atoms with van der Waals surface area (Å²) in [4.78, 5) is 25.0. The molecule has 0 radical (unpaired) electrons. The van der Waals surface area contributed by atoms with Gasteiger partial charge in [-0.15, -0.1) is 0 Å². The van der Waals surface area contributed by atoms with E-state index in [0.29, 0.717) is 30.6 Å². The molecule has 2 aromatic rings. The summed E-state index contributed by atoms with van der Waals surface area (Å²) in [5.41, 5.74) is 3.91. The Hall–Kier alpha value is -2.08. The molecule has 0 bridgehead atoms. The standard InChI is InChI=1S/C21H25FN2O2S/c1-14-16(12-20(26)23-10-11-27-2)21-18(8-5-9-19(21)25)24(14)13-15-6-3-4-7-17(15)22/h3-4,6-7H,5,8-13H2,1-2H3,(H,23,26). The maximum atomic E-state index is 14.2. The van der Waals surface area contributed by atoms with Crippen LogP contribution in [-0.2, 0) is 24.2 Å². The summed E-state index contributed by atoms with van der Waals surface area (Å²) in [6, 6.07) is 6.70. The number of rotatable bonds is 7. The summed E-state index contributed by atoms with van der Waals surface area (Å²) >= 11 is 1.67. The molecule has 0 aliphatic heterocycles. The van der Waals surface area contributed by atoms with Gasteiger partial charge < -0.3 is 9.88 Å². The topological polar surface area (TPSA) is 51.1 Å². The van der Waals surface area contributed by atoms with Gasteiger partial charge in [0.05, 0.1) is 13.0 Å². The molecule has 0 atom stereocenters. The van der Waals surface area contributed by atoms with Crippen molar-refractivity contribution in [1.29, 1.82) is 0 Å². The lowest BCUT2D eigenvalue weighted by atomic mass is 9.92. The fraction of sp³-hybridized carbons (Fsp3) is 0.429. The van der Waals surface area contributed by atoms with E-state index < -0.39 is 0 Å². The van der Waals surface area contributed by atoms with E-state index >= 15 is 0 Å². The number of fused-ring (bicyclic) bond motifs is 1. The molecule has 1 heterocycles. The van der Waals surface area contributed by atoms with Crippen LogP contribution in [0.15, 0.2) is 24.3 Å². The summed E-state index contributed by atoms with van der Waals surface area (Å²) in [6.07, 6.45) is 4.28. The van der Waals surface area contributed by atoms with Crippen LogP contribution in [0.25, 0.3) is 0 Å². The van der Waals surface area contributed by atoms with E-state index in [1.54, 1.807) is 23.9 Å². The molecule has 144 valence electrons. The van der Waals surface area contributed by atoms with Crippen molar-refractivity contribution < 1.29 is 14.0 Å². The summed E-state index contributed by atoms with van der Waals surface area (Å²) in [5, 5.41) is 2.91. The number of hydrogen-bond donors (Lipinski definition) is 1. The minimum atomic E-state index is -0.252. The van der Waals surface area contributed by atoms with E-state index in [0.717, 1.165) is 35.5 Å². The second-order valence-electron chi connectivity index (χ2n) is 6.86. The van der Waals surface area contributed by atoms with Crippen LogP contribution in [0.2, 0.25) is 0 Å². The van der Waals surface area contributed by atoms with Gasteiger partial charge in [-0.2, -0.15) is 11.8 Å². The van der Waals surface area contributed by atoms with E-state index in [-0.39, 0.29) is 23.9 Å². The molecule has 0 spiro atoms. The van der Waals surface area contributed by atoms with Crippen molar-refractivity contribution in [3.05, 3.63) is 58.2 Å². The first-order valence-corrected chi connectivity index (χ1v) is 10.7. The van der Waals surface area contributed by atoms with E-state index in [2.05, 4.69) is 5.32 Å². The molecular weight excluding hydrogens is 363 g/mol. The molecule has 27 heavy (non-hydrogen) atoms. The minimum Gasteiger partial charge on any atom is -0.355 e. The van der Waals surface area contributed by atoms with Crippen LogP contribution in [0, 0.1) is 12.7 Å². The highest BCUT2D eigenvalue weighted by molar-refractivity contribution is 7.98. The summed E-state index contributed by atoms with van der Waals surface area (Å²) < 4.78 is 16.2. The van der Waals surface area contributed by atoms with Crippen molar-refractivity contribution in [2.24, 2.45) is 0 Å². The highest BCUT2D eigenvalue weighted by atomic mass is 32.2. The molecule has 3 rings (SSSR count). The fourth-order valence-corrected chi connectivity index (χ4v) is 4.04. The molecule has 6 heteroatoms. The predicted molar refractivity (Wildman–Crippen MR) is 107 cm³/mol. The van der Waals surface area contributed by atoms with Crippen molar-refractivity contribution in [2.45, 2.75) is 39.2 Å². The largest absolute Gasteiger partial charge is 0.355 e. The maximum Gasteiger partial charge on any atom is 0.224 e. The molecule has 1 N–H and O–H groups in total. The molecule has 0 saturated carbocycles. The van der Waals surface area contributed by atoms with Crippen molar-refractivity contribution in [2.75, 3.05) is 18.6 Å². The number of nitrogens with zero attached hydrogens (tertiary/aromatic N) is 1. The molecular formula is C21H25FN2O2S. The molecule has 0 fully saturated rings. The fourth-order valence-electron chi connectivity index (χ4n) is 3.73. The van der Waals surface area contributed by atoms with Gasteiger partial charge >= 0.3 is 0 Å². The van der Waals surface area contributed by atoms with Crippen LogP contribution in [0.3, 0.4) is 0 Å². The summed E-state index contributed by atoms with van der Waals surface area (Å²) in [7, 11) is 0. The molecule has 1 aliphatic carbocycles. The number of hydrogen-bond acceptors (Lipinski definition) is 3. The lowest BCUT2D eigenvalue weighted by molar-refractivity contribution is -0.120. The summed E-state index contributed by atoms with van der Waals surface area (Å²) in [6.45, 7) is 2.92. The second-order valence-corrected chi connectivity index (χ2v) is 7.85. The van der Waals surface area contributed by atoms with Crippen LogP contribution in [0.5, 0.6) is 0 Å². The quantitative estimate of drug-likeness (QED) is 0.739. The van der Waals surface area contributed by atoms with Gasteiger partial charge in [-0.1, -0.05) is 18.2 Å². The first-order valence-electron chi connectivity index (χ1n) is 9.26. The number of Topliss-reactive ketones (excluding diaryl/α,β-unsaturated/α-hetero) is 1. The zero-order valence-corrected chi connectivity index (χ0v) is 16.6. The molecule has 0 saturated heterocycles. The van der Waals surface area contributed by atoms with Crippen LogP contribution in [-0.4, -0.2) is 34.8 Å². The summed E-state index contributed by atoms with van der Waals surface area (Å²) in [5.74, 6) is 0.628. The van der Waals surface area contributed by atoms with Crippen LogP contribution in [0.4, 0.5) is 4.39 Å². The molecule has 4 nitrogen and oxygen atoms in total. The van der Waals surface area contributed by atoms with Gasteiger partial charge in [-0.05, 0) is 37.7 Å². The van der Waals surface area contributed by atoms with Gasteiger partial charge in [0.1, 0.15) is 5.82 Å². The normalized spacial score (nSPS) is 13.5. The zero-order chi connectivity index (χ0) is 19.4. The molecule has 0 unspecified atom stereocenters. The highest BCUT2D eigenvalue weighted by Crippen LogP contribution is 2.31. The van der Waals surface area contributed by atoms with Crippen LogP contribution in [0.1, 0.15) is 45.7 Å². The third-order valence-electron chi connectivity index (χ3n) is 5.11. The van der Waals surface area contributed by atoms with Gasteiger partial charge in [0, 0.05) is 41.2 Å². The zero-order valence-electron chi connectivity index (χ0n) is 15.8. The average Bonchev–Trinajstić information content (AvgIpc) is 2.90. The van der Waals surface area contributed by atoms with Gasteiger partial charge in [0.15, 0.2) is 5.78 Å². The number of benzene rings is 1. The van der Waals surface area contributed by atoms with Gasteiger partial charge in [0.25, 0.3) is 0 Å². The Kier molecular flexibility index (Phi) is 6.37. The Labute approximate surface area is 163 Å². The van der Waals surface area contributed by atoms with Crippen LogP contribution < -0.4 is 5.32 Å². The molecule has 1 aliphatic rings. The number of halogens is 1. The number of nitrogens with one attached hydrogen (secondary N) is 1. The number of carbonyl (C=O) groups excluding carboxylic acids is 2. The number of ketones is 1. The highest BCUT2D eigenvalue weighted by Gasteiger charge is 2.29. The van der Waals surface area contributed by atoms with Gasteiger partial charge in [0.2, 0.25) is 5.91 Å². The van der Waals surface area contributed by atoms with Crippen molar-refractivity contribution in [1.82, 2.24) is 9.88 Å². The monoisotopic (exact) mass is 388 g/mol. The van der Waals surface area contributed by atoms with Gasteiger partial charge in [-0.25, -0.2) is 4.39 Å². The number of aromatic nitrogens is 1. The Morgan fingerprint density at radius 1 is 1.30 bits per heavy atom. The number of thioether (sulfide) groups is 1. The van der Waals surface area contributed by atoms with Crippen molar-refractivity contribution in [3.63, 3.8) is 0 Å². The second kappa shape index (κ2) is 8.74. The first kappa shape index (κ1) is 19.7. The van der Waals surface area contributed by atoms with E-state index in [4.69, 9.17) is 0 Å². The smallest absolute Gasteiger partial charge is 0.224 e. The third-order valence-corrected chi connectivity index (χ3v) is 5.72. The lowest BCUT2D eigenvalue weighted by Crippen LogP contribution is -2.28. The average molecular weight is 389 g/mol. The number of carbonyl (C=O) groups is 2. The Morgan fingerprint density at radius 2 is 2.07 bits per heavy atom. The minimum absolute atomic E-state index is 0.0728. The Bertz CT molecular complexity index is 860. The van der Waals surface area contributed by atoms with E-state index in [1.165, 1.54) is 6.07 Å². The SMILES string of the molecule is CSCCNC(=O)Cc1c2c(n(Cc3ccccc3F)c1C)CCCC2=O.